The standard InChI is InChI=1S/C20H28N2O5/c1-6-26-11-12-27-16(23)13-22-17(24)20(5,21-18(22)25)15-9-7-14(8-10-15)19(2,3)4/h7-10H,6,11-13H2,1-5H3,(H,21,25). The highest BCUT2D eigenvalue weighted by atomic mass is 16.6. The summed E-state index contributed by atoms with van der Waals surface area (Å²) >= 11 is 0. The van der Waals surface area contributed by atoms with Crippen LogP contribution in [0.25, 0.3) is 0 Å². The lowest BCUT2D eigenvalue weighted by Gasteiger charge is -2.24. The van der Waals surface area contributed by atoms with Gasteiger partial charge >= 0.3 is 12.0 Å². The summed E-state index contributed by atoms with van der Waals surface area (Å²) in [5, 5.41) is 2.69. The predicted octanol–water partition coefficient (Wildman–Crippen LogP) is 2.33. The van der Waals surface area contributed by atoms with Crippen molar-refractivity contribution >= 4 is 17.9 Å². The summed E-state index contributed by atoms with van der Waals surface area (Å²) in [5.41, 5.74) is 0.570. The monoisotopic (exact) mass is 376 g/mol. The van der Waals surface area contributed by atoms with Crippen molar-refractivity contribution in [3.05, 3.63) is 35.4 Å². The Labute approximate surface area is 160 Å². The molecule has 0 saturated carbocycles. The molecule has 0 radical (unpaired) electrons. The largest absolute Gasteiger partial charge is 0.462 e. The maximum absolute atomic E-state index is 12.8. The number of benzene rings is 1. The van der Waals surface area contributed by atoms with Gasteiger partial charge in [0.15, 0.2) is 0 Å². The second-order valence-corrected chi connectivity index (χ2v) is 7.69. The van der Waals surface area contributed by atoms with Crippen LogP contribution in [0.5, 0.6) is 0 Å². The van der Waals surface area contributed by atoms with Crippen LogP contribution in [0.1, 0.15) is 45.7 Å². The number of amides is 3. The number of esters is 1. The van der Waals surface area contributed by atoms with Crippen LogP contribution >= 0.6 is 0 Å². The minimum atomic E-state index is -1.21. The molecule has 1 atom stereocenters. The van der Waals surface area contributed by atoms with Crippen molar-refractivity contribution in [2.24, 2.45) is 0 Å². The lowest BCUT2D eigenvalue weighted by Crippen LogP contribution is -2.41. The maximum Gasteiger partial charge on any atom is 0.326 e. The van der Waals surface area contributed by atoms with Crippen molar-refractivity contribution in [2.45, 2.75) is 45.6 Å². The van der Waals surface area contributed by atoms with E-state index in [0.717, 1.165) is 10.5 Å². The second kappa shape index (κ2) is 8.08. The fourth-order valence-corrected chi connectivity index (χ4v) is 2.87. The number of ether oxygens (including phenoxy) is 2. The zero-order valence-corrected chi connectivity index (χ0v) is 16.6. The number of carbonyl (C=O) groups excluding carboxylic acids is 3. The number of hydrogen-bond acceptors (Lipinski definition) is 5. The van der Waals surface area contributed by atoms with Crippen molar-refractivity contribution in [3.63, 3.8) is 0 Å². The summed E-state index contributed by atoms with van der Waals surface area (Å²) in [6.07, 6.45) is 0. The molecule has 27 heavy (non-hydrogen) atoms. The number of urea groups is 1. The Balaban J connectivity index is 2.08. The Morgan fingerprint density at radius 2 is 1.78 bits per heavy atom. The van der Waals surface area contributed by atoms with Crippen molar-refractivity contribution in [1.29, 1.82) is 0 Å². The van der Waals surface area contributed by atoms with E-state index in [1.165, 1.54) is 0 Å². The molecule has 0 aliphatic carbocycles. The number of carbonyl (C=O) groups is 3. The molecule has 2 rings (SSSR count). The van der Waals surface area contributed by atoms with Gasteiger partial charge in [-0.15, -0.1) is 0 Å². The Kier molecular flexibility index (Phi) is 6.26. The van der Waals surface area contributed by atoms with E-state index in [9.17, 15) is 14.4 Å². The fourth-order valence-electron chi connectivity index (χ4n) is 2.87. The molecule has 0 spiro atoms. The van der Waals surface area contributed by atoms with Crippen LogP contribution in [-0.4, -0.2) is 49.2 Å². The Morgan fingerprint density at radius 1 is 1.15 bits per heavy atom. The van der Waals surface area contributed by atoms with Gasteiger partial charge in [0, 0.05) is 6.61 Å². The summed E-state index contributed by atoms with van der Waals surface area (Å²) in [7, 11) is 0. The lowest BCUT2D eigenvalue weighted by molar-refractivity contribution is -0.149. The summed E-state index contributed by atoms with van der Waals surface area (Å²) in [6, 6.07) is 6.96. The van der Waals surface area contributed by atoms with Crippen LogP contribution in [0.3, 0.4) is 0 Å². The van der Waals surface area contributed by atoms with Crippen LogP contribution in [0.15, 0.2) is 24.3 Å². The molecule has 7 nitrogen and oxygen atoms in total. The van der Waals surface area contributed by atoms with Gasteiger partial charge in [0.1, 0.15) is 18.7 Å². The molecular weight excluding hydrogens is 348 g/mol. The van der Waals surface area contributed by atoms with Crippen molar-refractivity contribution in [2.75, 3.05) is 26.4 Å². The molecule has 1 saturated heterocycles. The first kappa shape index (κ1) is 20.9. The number of hydrogen-bond donors (Lipinski definition) is 1. The third kappa shape index (κ3) is 4.66. The van der Waals surface area contributed by atoms with Gasteiger partial charge in [-0.3, -0.25) is 14.5 Å². The van der Waals surface area contributed by atoms with Gasteiger partial charge in [-0.1, -0.05) is 45.0 Å². The Morgan fingerprint density at radius 3 is 2.33 bits per heavy atom. The smallest absolute Gasteiger partial charge is 0.326 e. The van der Waals surface area contributed by atoms with Gasteiger partial charge in [-0.25, -0.2) is 4.79 Å². The molecule has 1 heterocycles. The quantitative estimate of drug-likeness (QED) is 0.448. The van der Waals surface area contributed by atoms with Gasteiger partial charge in [0.25, 0.3) is 5.91 Å². The summed E-state index contributed by atoms with van der Waals surface area (Å²) < 4.78 is 10.1. The summed E-state index contributed by atoms with van der Waals surface area (Å²) in [5.74, 6) is -1.12. The molecule has 7 heteroatoms. The molecule has 3 amide bonds. The van der Waals surface area contributed by atoms with Gasteiger partial charge in [0.2, 0.25) is 0 Å². The minimum Gasteiger partial charge on any atom is -0.462 e. The highest BCUT2D eigenvalue weighted by Crippen LogP contribution is 2.31. The molecule has 0 bridgehead atoms. The Hall–Kier alpha value is -2.41. The maximum atomic E-state index is 12.8. The molecule has 148 valence electrons. The normalized spacial score (nSPS) is 20.0. The van der Waals surface area contributed by atoms with E-state index < -0.39 is 30.0 Å². The molecule has 1 unspecified atom stereocenters. The molecule has 1 aliphatic rings. The van der Waals surface area contributed by atoms with E-state index in [2.05, 4.69) is 26.1 Å². The zero-order valence-electron chi connectivity index (χ0n) is 16.6. The first-order valence-electron chi connectivity index (χ1n) is 9.08. The SMILES string of the molecule is CCOCCOC(=O)CN1C(=O)NC(C)(c2ccc(C(C)(C)C)cc2)C1=O. The van der Waals surface area contributed by atoms with E-state index in [0.29, 0.717) is 12.2 Å². The van der Waals surface area contributed by atoms with E-state index >= 15 is 0 Å². The molecule has 0 aromatic heterocycles. The average Bonchev–Trinajstić information content (AvgIpc) is 2.82. The molecule has 1 aliphatic heterocycles. The van der Waals surface area contributed by atoms with Gasteiger partial charge < -0.3 is 14.8 Å². The third-order valence-electron chi connectivity index (χ3n) is 4.59. The van der Waals surface area contributed by atoms with Gasteiger partial charge in [-0.05, 0) is 30.4 Å². The topological polar surface area (TPSA) is 84.9 Å². The number of nitrogens with zero attached hydrogens (tertiary/aromatic N) is 1. The highest BCUT2D eigenvalue weighted by Gasteiger charge is 2.49. The van der Waals surface area contributed by atoms with Crippen LogP contribution in [0.4, 0.5) is 4.79 Å². The summed E-state index contributed by atoms with van der Waals surface area (Å²) in [6.45, 7) is 10.2. The molecule has 1 fully saturated rings. The minimum absolute atomic E-state index is 0.0142. The molecule has 1 N–H and O–H groups in total. The van der Waals surface area contributed by atoms with E-state index in [1.807, 2.05) is 31.2 Å². The van der Waals surface area contributed by atoms with Crippen LogP contribution in [0, 0.1) is 0 Å². The number of imide groups is 1. The fraction of sp³-hybridized carbons (Fsp3) is 0.550. The number of nitrogens with one attached hydrogen (secondary N) is 1. The van der Waals surface area contributed by atoms with E-state index in [1.54, 1.807) is 6.92 Å². The van der Waals surface area contributed by atoms with E-state index in [4.69, 9.17) is 9.47 Å². The van der Waals surface area contributed by atoms with Crippen molar-refractivity contribution in [3.8, 4) is 0 Å². The first-order valence-corrected chi connectivity index (χ1v) is 9.08. The lowest BCUT2D eigenvalue weighted by atomic mass is 9.84. The Bertz CT molecular complexity index is 708. The first-order chi connectivity index (χ1) is 12.6. The number of rotatable bonds is 7. The van der Waals surface area contributed by atoms with Crippen LogP contribution < -0.4 is 5.32 Å². The van der Waals surface area contributed by atoms with Crippen LogP contribution in [-0.2, 0) is 30.0 Å². The second-order valence-electron chi connectivity index (χ2n) is 7.69. The predicted molar refractivity (Wildman–Crippen MR) is 100 cm³/mol. The molecule has 1 aromatic rings. The van der Waals surface area contributed by atoms with Crippen LogP contribution in [0.2, 0.25) is 0 Å². The van der Waals surface area contributed by atoms with Crippen molar-refractivity contribution in [1.82, 2.24) is 10.2 Å². The highest BCUT2D eigenvalue weighted by molar-refractivity contribution is 6.08. The summed E-state index contributed by atoms with van der Waals surface area (Å²) in [4.78, 5) is 37.9. The molecule has 1 aromatic carbocycles. The zero-order chi connectivity index (χ0) is 20.2. The van der Waals surface area contributed by atoms with Gasteiger partial charge in [0.05, 0.1) is 6.61 Å². The molecular formula is C20H28N2O5. The average molecular weight is 376 g/mol. The van der Waals surface area contributed by atoms with Crippen molar-refractivity contribution < 1.29 is 23.9 Å². The van der Waals surface area contributed by atoms with Gasteiger partial charge in [-0.2, -0.15) is 0 Å². The third-order valence-corrected chi connectivity index (χ3v) is 4.59. The van der Waals surface area contributed by atoms with E-state index in [-0.39, 0.29) is 18.6 Å².